The van der Waals surface area contributed by atoms with Crippen molar-refractivity contribution in [2.24, 2.45) is 4.36 Å². The maximum atomic E-state index is 13.6. The first kappa shape index (κ1) is 23.2. The Morgan fingerprint density at radius 2 is 1.91 bits per heavy atom. The maximum absolute atomic E-state index is 13.6. The third-order valence-corrected chi connectivity index (χ3v) is 11.1. The second kappa shape index (κ2) is 9.24. The number of rotatable bonds is 5. The summed E-state index contributed by atoms with van der Waals surface area (Å²) < 4.78 is 30.9. The number of hydrogen-bond donors (Lipinski definition) is 2. The van der Waals surface area contributed by atoms with Gasteiger partial charge in [0.15, 0.2) is 0 Å². The number of benzene rings is 1. The molecular formula is C23H29ClN4O3S2. The molecule has 1 saturated carbocycles. The Bertz CT molecular complexity index is 1170. The Morgan fingerprint density at radius 3 is 2.55 bits per heavy atom. The van der Waals surface area contributed by atoms with Crippen LogP contribution in [0, 0.1) is 0 Å². The van der Waals surface area contributed by atoms with Gasteiger partial charge in [0, 0.05) is 22.3 Å². The van der Waals surface area contributed by atoms with E-state index in [0.29, 0.717) is 45.3 Å². The van der Waals surface area contributed by atoms with Gasteiger partial charge >= 0.3 is 0 Å². The van der Waals surface area contributed by atoms with Gasteiger partial charge in [0.05, 0.1) is 38.4 Å². The molecule has 3 heterocycles. The first-order valence-corrected chi connectivity index (χ1v) is 15.1. The van der Waals surface area contributed by atoms with Crippen LogP contribution in [0.3, 0.4) is 0 Å². The lowest BCUT2D eigenvalue weighted by Gasteiger charge is -2.42. The molecule has 0 radical (unpaired) electrons. The van der Waals surface area contributed by atoms with Crippen molar-refractivity contribution < 1.29 is 13.5 Å². The van der Waals surface area contributed by atoms with Crippen LogP contribution in [-0.4, -0.2) is 52.9 Å². The van der Waals surface area contributed by atoms with E-state index in [0.717, 1.165) is 44.2 Å². The van der Waals surface area contributed by atoms with Gasteiger partial charge in [0.2, 0.25) is 0 Å². The second-order valence-corrected chi connectivity index (χ2v) is 13.8. The number of anilines is 1. The van der Waals surface area contributed by atoms with E-state index in [1.165, 1.54) is 5.56 Å². The van der Waals surface area contributed by atoms with Gasteiger partial charge in [-0.2, -0.15) is 9.35 Å². The van der Waals surface area contributed by atoms with Crippen LogP contribution < -0.4 is 5.32 Å². The summed E-state index contributed by atoms with van der Waals surface area (Å²) in [5.74, 6) is 2.61. The van der Waals surface area contributed by atoms with Crippen LogP contribution in [0.4, 0.5) is 11.8 Å². The summed E-state index contributed by atoms with van der Waals surface area (Å²) in [5, 5.41) is 14.0. The van der Waals surface area contributed by atoms with Crippen LogP contribution in [0.1, 0.15) is 55.7 Å². The molecule has 1 unspecified atom stereocenters. The summed E-state index contributed by atoms with van der Waals surface area (Å²) in [6.45, 7) is -0.00623. The average molecular weight is 509 g/mol. The number of fused-ring (bicyclic) bond motifs is 1. The fourth-order valence-electron chi connectivity index (χ4n) is 4.88. The fourth-order valence-corrected chi connectivity index (χ4v) is 8.41. The van der Waals surface area contributed by atoms with Crippen LogP contribution >= 0.6 is 11.6 Å². The van der Waals surface area contributed by atoms with Gasteiger partial charge in [0.25, 0.3) is 5.95 Å². The van der Waals surface area contributed by atoms with E-state index in [9.17, 15) is 13.5 Å². The quantitative estimate of drug-likeness (QED) is 0.627. The Hall–Kier alpha value is -1.55. The second-order valence-electron chi connectivity index (χ2n) is 9.32. The zero-order valence-electron chi connectivity index (χ0n) is 18.5. The van der Waals surface area contributed by atoms with E-state index in [2.05, 4.69) is 19.6 Å². The molecule has 33 heavy (non-hydrogen) atoms. The van der Waals surface area contributed by atoms with Gasteiger partial charge < -0.3 is 10.4 Å². The van der Waals surface area contributed by atoms with E-state index >= 15 is 0 Å². The van der Waals surface area contributed by atoms with Crippen LogP contribution in [-0.2, 0) is 26.9 Å². The van der Waals surface area contributed by atoms with Gasteiger partial charge in [-0.1, -0.05) is 23.7 Å². The summed E-state index contributed by atoms with van der Waals surface area (Å²) in [5.41, 5.74) is 1.51. The molecule has 2 aromatic rings. The largest absolute Gasteiger partial charge is 0.394 e. The van der Waals surface area contributed by atoms with Crippen molar-refractivity contribution >= 4 is 43.9 Å². The number of aliphatic hydroxyl groups excluding tert-OH is 1. The Morgan fingerprint density at radius 1 is 1.18 bits per heavy atom. The molecule has 0 spiro atoms. The molecule has 1 aliphatic carbocycles. The van der Waals surface area contributed by atoms with Crippen molar-refractivity contribution in [3.8, 4) is 0 Å². The lowest BCUT2D eigenvalue weighted by Crippen LogP contribution is -2.48. The van der Waals surface area contributed by atoms with Crippen molar-refractivity contribution in [2.75, 3.05) is 29.2 Å². The Labute approximate surface area is 202 Å². The molecular weight excluding hydrogens is 480 g/mol. The molecule has 3 aliphatic rings. The number of nitrogens with zero attached hydrogens (tertiary/aromatic N) is 3. The fraction of sp³-hybridized carbons (Fsp3) is 0.565. The van der Waals surface area contributed by atoms with Crippen LogP contribution in [0.2, 0.25) is 5.02 Å². The highest BCUT2D eigenvalue weighted by molar-refractivity contribution is 7.93. The topological polar surface area (TPSA) is 105 Å². The predicted octanol–water partition coefficient (Wildman–Crippen LogP) is 4.19. The lowest BCUT2D eigenvalue weighted by molar-refractivity contribution is 0.143. The van der Waals surface area contributed by atoms with E-state index in [1.807, 2.05) is 24.3 Å². The monoisotopic (exact) mass is 508 g/mol. The molecule has 2 fully saturated rings. The first-order valence-electron chi connectivity index (χ1n) is 11.6. The van der Waals surface area contributed by atoms with Crippen molar-refractivity contribution in [2.45, 2.75) is 61.3 Å². The number of hydrogen-bond acceptors (Lipinski definition) is 7. The minimum absolute atomic E-state index is 0.00623. The normalized spacial score (nSPS) is 28.4. The predicted molar refractivity (Wildman–Crippen MR) is 132 cm³/mol. The maximum Gasteiger partial charge on any atom is 0.259 e. The molecule has 0 amide bonds. The van der Waals surface area contributed by atoms with Crippen molar-refractivity contribution in [3.63, 3.8) is 0 Å². The third kappa shape index (κ3) is 4.83. The molecule has 1 aromatic heterocycles. The molecule has 1 saturated heterocycles. The van der Waals surface area contributed by atoms with E-state index in [-0.39, 0.29) is 12.6 Å². The molecule has 7 nitrogen and oxygen atoms in total. The molecule has 5 rings (SSSR count). The van der Waals surface area contributed by atoms with Gasteiger partial charge in [-0.15, -0.1) is 0 Å². The number of nitrogens with one attached hydrogen (secondary N) is 1. The summed E-state index contributed by atoms with van der Waals surface area (Å²) in [6.07, 6.45) is 5.78. The standard InChI is InChI=1S/C23H29ClN4O3S2/c24-18-6-4-16(5-7-18)17-8-13-33(31,14-9-17)28-22-25-19-3-1-12-32(30)20(19)21(26-22)27-23(15-29)10-2-11-23/h4-7,17,29H,1-3,8-15H2,(H,25,26,27). The summed E-state index contributed by atoms with van der Waals surface area (Å²) in [7, 11) is -3.66. The number of aryl methyl sites for hydroxylation is 1. The zero-order valence-corrected chi connectivity index (χ0v) is 20.9. The smallest absolute Gasteiger partial charge is 0.259 e. The molecule has 1 aromatic carbocycles. The van der Waals surface area contributed by atoms with Gasteiger partial charge in [-0.3, -0.25) is 4.21 Å². The molecule has 10 heteroatoms. The number of aromatic nitrogens is 2. The number of aliphatic hydroxyl groups is 1. The van der Waals surface area contributed by atoms with Crippen LogP contribution in [0.25, 0.3) is 0 Å². The van der Waals surface area contributed by atoms with Gasteiger partial charge in [-0.25, -0.2) is 9.19 Å². The van der Waals surface area contributed by atoms with Crippen molar-refractivity contribution in [1.82, 2.24) is 9.97 Å². The average Bonchev–Trinajstić information content (AvgIpc) is 2.77. The molecule has 0 bridgehead atoms. The van der Waals surface area contributed by atoms with Gasteiger partial charge in [-0.05, 0) is 68.6 Å². The van der Waals surface area contributed by atoms with E-state index in [1.54, 1.807) is 0 Å². The van der Waals surface area contributed by atoms with Crippen LogP contribution in [0.15, 0.2) is 33.5 Å². The highest BCUT2D eigenvalue weighted by Crippen LogP contribution is 2.38. The van der Waals surface area contributed by atoms with Crippen LogP contribution in [0.5, 0.6) is 0 Å². The molecule has 1 atom stereocenters. The highest BCUT2D eigenvalue weighted by Gasteiger charge is 2.38. The minimum Gasteiger partial charge on any atom is -0.394 e. The molecule has 178 valence electrons. The Balaban J connectivity index is 1.43. The van der Waals surface area contributed by atoms with E-state index in [4.69, 9.17) is 11.6 Å². The minimum atomic E-state index is -2.47. The SMILES string of the molecule is O=S1CCCc2nc(N=S3(=O)CCC(c4ccc(Cl)cc4)CC3)nc(NC3(CO)CCC3)c21. The first-order chi connectivity index (χ1) is 15.9. The molecule has 2 aliphatic heterocycles. The number of halogens is 1. The summed E-state index contributed by atoms with van der Waals surface area (Å²) in [4.78, 5) is 9.80. The summed E-state index contributed by atoms with van der Waals surface area (Å²) in [6, 6.07) is 7.88. The summed E-state index contributed by atoms with van der Waals surface area (Å²) >= 11 is 6.01. The zero-order chi connectivity index (χ0) is 23.1. The van der Waals surface area contributed by atoms with E-state index < -0.39 is 26.1 Å². The van der Waals surface area contributed by atoms with Crippen molar-refractivity contribution in [1.29, 1.82) is 0 Å². The third-order valence-electron chi connectivity index (χ3n) is 7.05. The van der Waals surface area contributed by atoms with Gasteiger partial charge in [0.1, 0.15) is 10.7 Å². The molecule has 2 N–H and O–H groups in total. The van der Waals surface area contributed by atoms with Crippen molar-refractivity contribution in [3.05, 3.63) is 40.5 Å². The highest BCUT2D eigenvalue weighted by atomic mass is 35.5. The Kier molecular flexibility index (Phi) is 6.50. The lowest BCUT2D eigenvalue weighted by atomic mass is 9.77.